The molecule has 0 saturated carbocycles. The molecule has 0 atom stereocenters. The van der Waals surface area contributed by atoms with Gasteiger partial charge in [0.05, 0.1) is 39.6 Å². The van der Waals surface area contributed by atoms with Gasteiger partial charge in [-0.25, -0.2) is 19.9 Å². The topological polar surface area (TPSA) is 113 Å². The van der Waals surface area contributed by atoms with Crippen LogP contribution in [0.2, 0.25) is 5.02 Å². The van der Waals surface area contributed by atoms with Crippen molar-refractivity contribution >= 4 is 40.0 Å². The first kappa shape index (κ1) is 19.7. The Balaban J connectivity index is 1.83. The molecular formula is C22H20ClN7. The van der Waals surface area contributed by atoms with Crippen molar-refractivity contribution in [2.75, 3.05) is 11.1 Å². The number of benzene rings is 2. The van der Waals surface area contributed by atoms with Crippen LogP contribution in [0, 0.1) is 12.3 Å². The fraction of sp³-hybridized carbons (Fsp3) is 0.136. The average Bonchev–Trinajstić information content (AvgIpc) is 2.72. The van der Waals surface area contributed by atoms with E-state index >= 15 is 0 Å². The van der Waals surface area contributed by atoms with E-state index in [9.17, 15) is 0 Å². The lowest BCUT2D eigenvalue weighted by Crippen LogP contribution is -2.13. The zero-order valence-corrected chi connectivity index (χ0v) is 17.3. The molecule has 0 aliphatic heterocycles. The van der Waals surface area contributed by atoms with Crippen LogP contribution in [0.5, 0.6) is 0 Å². The maximum absolute atomic E-state index is 7.99. The van der Waals surface area contributed by atoms with Gasteiger partial charge >= 0.3 is 0 Å². The Morgan fingerprint density at radius 2 is 1.90 bits per heavy atom. The number of rotatable bonds is 5. The highest BCUT2D eigenvalue weighted by atomic mass is 35.5. The van der Waals surface area contributed by atoms with Crippen LogP contribution in [0.25, 0.3) is 22.3 Å². The van der Waals surface area contributed by atoms with Gasteiger partial charge in [-0.15, -0.1) is 0 Å². The minimum atomic E-state index is 0.256. The molecule has 2 aromatic heterocycles. The third-order valence-corrected chi connectivity index (χ3v) is 5.10. The van der Waals surface area contributed by atoms with Crippen molar-refractivity contribution in [3.05, 3.63) is 70.6 Å². The molecule has 0 spiro atoms. The van der Waals surface area contributed by atoms with Crippen molar-refractivity contribution < 1.29 is 0 Å². The summed E-state index contributed by atoms with van der Waals surface area (Å²) in [6, 6.07) is 13.5. The van der Waals surface area contributed by atoms with Gasteiger partial charge in [-0.2, -0.15) is 0 Å². The average molecular weight is 418 g/mol. The maximum Gasteiger partial charge on any atom is 0.140 e. The molecule has 8 heteroatoms. The summed E-state index contributed by atoms with van der Waals surface area (Å²) in [6.45, 7) is 3.98. The van der Waals surface area contributed by atoms with Gasteiger partial charge in [0.2, 0.25) is 0 Å². The Bertz CT molecular complexity index is 1270. The summed E-state index contributed by atoms with van der Waals surface area (Å²) in [7, 11) is 0. The molecular weight excluding hydrogens is 398 g/mol. The Kier molecular flexibility index (Phi) is 5.29. The number of hydrogen-bond acceptors (Lipinski definition) is 7. The lowest BCUT2D eigenvalue weighted by atomic mass is 10.1. The Labute approximate surface area is 178 Å². The number of para-hydroxylation sites is 1. The Morgan fingerprint density at radius 3 is 2.67 bits per heavy atom. The summed E-state index contributed by atoms with van der Waals surface area (Å²) in [4.78, 5) is 18.0. The van der Waals surface area contributed by atoms with Crippen LogP contribution < -0.4 is 11.1 Å². The van der Waals surface area contributed by atoms with E-state index in [-0.39, 0.29) is 11.5 Å². The van der Waals surface area contributed by atoms with Crippen LogP contribution in [-0.2, 0) is 6.54 Å². The fourth-order valence-electron chi connectivity index (χ4n) is 3.32. The number of anilines is 2. The van der Waals surface area contributed by atoms with Gasteiger partial charge in [0.1, 0.15) is 18.0 Å². The first-order chi connectivity index (χ1) is 14.5. The van der Waals surface area contributed by atoms with Crippen molar-refractivity contribution in [2.24, 2.45) is 0 Å². The highest BCUT2D eigenvalue weighted by Gasteiger charge is 2.16. The Hall–Kier alpha value is -3.58. The molecule has 0 unspecified atom stereocenters. The van der Waals surface area contributed by atoms with Crippen molar-refractivity contribution in [3.63, 3.8) is 0 Å². The number of nitrogens with two attached hydrogens (primary N) is 1. The van der Waals surface area contributed by atoms with Gasteiger partial charge in [-0.05, 0) is 31.5 Å². The smallest absolute Gasteiger partial charge is 0.140 e. The summed E-state index contributed by atoms with van der Waals surface area (Å²) in [6.07, 6.45) is 1.37. The lowest BCUT2D eigenvalue weighted by Gasteiger charge is -2.15. The van der Waals surface area contributed by atoms with Gasteiger partial charge in [-0.3, -0.25) is 0 Å². The highest BCUT2D eigenvalue weighted by Crippen LogP contribution is 2.31. The number of fused-ring (bicyclic) bond motifs is 1. The van der Waals surface area contributed by atoms with Crippen LogP contribution in [0.4, 0.5) is 11.6 Å². The molecule has 0 amide bonds. The Morgan fingerprint density at radius 1 is 1.10 bits per heavy atom. The molecule has 7 nitrogen and oxygen atoms in total. The number of nitrogens with zero attached hydrogens (tertiary/aromatic N) is 4. The van der Waals surface area contributed by atoms with Gasteiger partial charge in [0.15, 0.2) is 0 Å². The zero-order chi connectivity index (χ0) is 21.3. The van der Waals surface area contributed by atoms with E-state index in [1.54, 1.807) is 6.92 Å². The first-order valence-corrected chi connectivity index (χ1v) is 9.74. The summed E-state index contributed by atoms with van der Waals surface area (Å²) >= 11 is 6.47. The molecule has 4 N–H and O–H groups in total. The minimum absolute atomic E-state index is 0.256. The van der Waals surface area contributed by atoms with Gasteiger partial charge in [0.25, 0.3) is 0 Å². The number of aryl methyl sites for hydroxylation is 1. The van der Waals surface area contributed by atoms with Crippen molar-refractivity contribution in [1.82, 2.24) is 19.9 Å². The first-order valence-electron chi connectivity index (χ1n) is 9.36. The maximum atomic E-state index is 7.99. The third-order valence-electron chi connectivity index (χ3n) is 4.77. The van der Waals surface area contributed by atoms with E-state index in [0.29, 0.717) is 34.3 Å². The molecule has 150 valence electrons. The van der Waals surface area contributed by atoms with Crippen LogP contribution in [0.1, 0.15) is 23.7 Å². The molecule has 2 heterocycles. The molecule has 2 aromatic carbocycles. The van der Waals surface area contributed by atoms with E-state index in [0.717, 1.165) is 22.2 Å². The largest absolute Gasteiger partial charge is 0.383 e. The summed E-state index contributed by atoms with van der Waals surface area (Å²) < 4.78 is 0. The predicted octanol–water partition coefficient (Wildman–Crippen LogP) is 4.63. The number of nitrogen functional groups attached to an aromatic ring is 1. The standard InChI is InChI=1S/C22H20ClN7/c1-12-6-5-9-16-19(12)30-20(14-7-3-4-8-15(14)23)17(29-16)10-26-22-18(13(2)24)21(25)27-11-28-22/h3-9,11,24H,10H2,1-2H3,(H3,25,26,27,28). The number of hydrogen-bond donors (Lipinski definition) is 3. The van der Waals surface area contributed by atoms with Gasteiger partial charge < -0.3 is 16.5 Å². The second-order valence-electron chi connectivity index (χ2n) is 6.90. The molecule has 0 fully saturated rings. The molecule has 4 rings (SSSR count). The van der Waals surface area contributed by atoms with E-state index in [2.05, 4.69) is 15.3 Å². The number of aromatic nitrogens is 4. The molecule has 0 aliphatic rings. The summed E-state index contributed by atoms with van der Waals surface area (Å²) in [5, 5.41) is 11.8. The molecule has 0 radical (unpaired) electrons. The molecule has 0 bridgehead atoms. The monoisotopic (exact) mass is 417 g/mol. The summed E-state index contributed by atoms with van der Waals surface area (Å²) in [5.41, 5.74) is 11.6. The van der Waals surface area contributed by atoms with Crippen LogP contribution in [0.3, 0.4) is 0 Å². The molecule has 4 aromatic rings. The van der Waals surface area contributed by atoms with Gasteiger partial charge in [0, 0.05) is 11.3 Å². The second kappa shape index (κ2) is 8.04. The van der Waals surface area contributed by atoms with Crippen molar-refractivity contribution in [2.45, 2.75) is 20.4 Å². The van der Waals surface area contributed by atoms with Crippen molar-refractivity contribution in [3.8, 4) is 11.3 Å². The molecule has 0 saturated heterocycles. The van der Waals surface area contributed by atoms with E-state index < -0.39 is 0 Å². The zero-order valence-electron chi connectivity index (χ0n) is 16.6. The minimum Gasteiger partial charge on any atom is -0.383 e. The third kappa shape index (κ3) is 3.67. The SMILES string of the molecule is CC(=N)c1c(N)ncnc1NCc1nc2cccc(C)c2nc1-c1ccccc1Cl. The second-order valence-corrected chi connectivity index (χ2v) is 7.31. The van der Waals surface area contributed by atoms with E-state index in [4.69, 9.17) is 32.7 Å². The molecule has 30 heavy (non-hydrogen) atoms. The molecule has 0 aliphatic carbocycles. The van der Waals surface area contributed by atoms with Gasteiger partial charge in [-0.1, -0.05) is 41.9 Å². The highest BCUT2D eigenvalue weighted by molar-refractivity contribution is 6.33. The van der Waals surface area contributed by atoms with E-state index in [1.807, 2.05) is 49.4 Å². The normalized spacial score (nSPS) is 10.9. The predicted molar refractivity (Wildman–Crippen MR) is 121 cm³/mol. The summed E-state index contributed by atoms with van der Waals surface area (Å²) in [5.74, 6) is 0.734. The van der Waals surface area contributed by atoms with Crippen LogP contribution in [0.15, 0.2) is 48.8 Å². The quantitative estimate of drug-likeness (QED) is 0.408. The number of halogens is 1. The van der Waals surface area contributed by atoms with Crippen LogP contribution in [-0.4, -0.2) is 25.6 Å². The van der Waals surface area contributed by atoms with Crippen LogP contribution >= 0.6 is 11.6 Å². The van der Waals surface area contributed by atoms with Crippen molar-refractivity contribution in [1.29, 1.82) is 5.41 Å². The van der Waals surface area contributed by atoms with E-state index in [1.165, 1.54) is 6.33 Å². The number of nitrogens with one attached hydrogen (secondary N) is 2. The lowest BCUT2D eigenvalue weighted by molar-refractivity contribution is 1.02. The fourth-order valence-corrected chi connectivity index (χ4v) is 3.54.